The highest BCUT2D eigenvalue weighted by molar-refractivity contribution is 7.15. The third-order valence-electron chi connectivity index (χ3n) is 2.42. The molecule has 0 aliphatic rings. The number of aliphatic carboxylic acids is 1. The van der Waals surface area contributed by atoms with Gasteiger partial charge in [0.05, 0.1) is 15.6 Å². The number of amides is 1. The molecule has 1 aromatic heterocycles. The number of hydrogen-bond donors (Lipinski definition) is 2. The van der Waals surface area contributed by atoms with Gasteiger partial charge in [0, 0.05) is 11.0 Å². The van der Waals surface area contributed by atoms with Gasteiger partial charge in [0.2, 0.25) is 0 Å². The summed E-state index contributed by atoms with van der Waals surface area (Å²) < 4.78 is 12.9. The number of benzene rings is 1. The van der Waals surface area contributed by atoms with Gasteiger partial charge in [-0.05, 0) is 36.4 Å². The molecule has 2 aromatic rings. The molecule has 0 bridgehead atoms. The van der Waals surface area contributed by atoms with Crippen molar-refractivity contribution in [1.82, 2.24) is 0 Å². The molecule has 0 spiro atoms. The summed E-state index contributed by atoms with van der Waals surface area (Å²) in [5.74, 6) is -1.95. The molecule has 2 rings (SSSR count). The van der Waals surface area contributed by atoms with Gasteiger partial charge in [0.25, 0.3) is 5.91 Å². The Bertz CT molecular complexity index is 727. The maximum Gasteiger partial charge on any atom is 0.328 e. The molecule has 0 unspecified atom stereocenters. The molecule has 7 heteroatoms. The molecule has 0 radical (unpaired) electrons. The Balaban J connectivity index is 2.12. The normalized spacial score (nSPS) is 10.8. The number of carboxylic acids is 1. The molecule has 0 fully saturated rings. The molecule has 0 aliphatic heterocycles. The lowest BCUT2D eigenvalue weighted by Crippen LogP contribution is -2.10. The minimum absolute atomic E-state index is 0.103. The third kappa shape index (κ3) is 4.14. The zero-order chi connectivity index (χ0) is 15.4. The van der Waals surface area contributed by atoms with Crippen molar-refractivity contribution in [2.45, 2.75) is 0 Å². The van der Waals surface area contributed by atoms with Crippen LogP contribution in [0.3, 0.4) is 0 Å². The van der Waals surface area contributed by atoms with Gasteiger partial charge in [0.1, 0.15) is 5.82 Å². The predicted octanol–water partition coefficient (Wildman–Crippen LogP) is 3.89. The first kappa shape index (κ1) is 15.2. The van der Waals surface area contributed by atoms with Gasteiger partial charge in [-0.15, -0.1) is 11.3 Å². The fourth-order valence-electron chi connectivity index (χ4n) is 1.49. The van der Waals surface area contributed by atoms with E-state index < -0.39 is 17.7 Å². The van der Waals surface area contributed by atoms with Gasteiger partial charge in [-0.2, -0.15) is 0 Å². The quantitative estimate of drug-likeness (QED) is 0.838. The van der Waals surface area contributed by atoms with Crippen LogP contribution in [0.2, 0.25) is 5.02 Å². The standard InChI is InChI=1S/C14H9ClFNO3S/c15-10-7-8(16)1-4-11(10)17-14(20)12-5-2-9(21-12)3-6-13(18)19/h1-7H,(H,17,20)(H,18,19). The van der Waals surface area contributed by atoms with Crippen LogP contribution >= 0.6 is 22.9 Å². The van der Waals surface area contributed by atoms with E-state index in [9.17, 15) is 14.0 Å². The molecule has 0 atom stereocenters. The van der Waals surface area contributed by atoms with E-state index in [1.165, 1.54) is 18.2 Å². The average molecular weight is 326 g/mol. The number of hydrogen-bond acceptors (Lipinski definition) is 3. The zero-order valence-corrected chi connectivity index (χ0v) is 12.0. The van der Waals surface area contributed by atoms with Crippen molar-refractivity contribution in [3.63, 3.8) is 0 Å². The highest BCUT2D eigenvalue weighted by Gasteiger charge is 2.11. The summed E-state index contributed by atoms with van der Waals surface area (Å²) in [6.45, 7) is 0. The number of carbonyl (C=O) groups excluding carboxylic acids is 1. The van der Waals surface area contributed by atoms with Crippen LogP contribution in [-0.4, -0.2) is 17.0 Å². The maximum absolute atomic E-state index is 12.9. The Morgan fingerprint density at radius 1 is 1.29 bits per heavy atom. The molecule has 0 aliphatic carbocycles. The predicted molar refractivity (Wildman–Crippen MR) is 80.4 cm³/mol. The summed E-state index contributed by atoms with van der Waals surface area (Å²) in [7, 11) is 0. The second-order valence-electron chi connectivity index (χ2n) is 3.95. The van der Waals surface area contributed by atoms with E-state index in [1.54, 1.807) is 12.1 Å². The van der Waals surface area contributed by atoms with Crippen molar-refractivity contribution >= 4 is 46.6 Å². The SMILES string of the molecule is O=C(O)C=Cc1ccc(C(=O)Nc2ccc(F)cc2Cl)s1. The van der Waals surface area contributed by atoms with Crippen LogP contribution in [0.15, 0.2) is 36.4 Å². The lowest BCUT2D eigenvalue weighted by molar-refractivity contribution is -0.131. The Labute approximate surface area is 128 Å². The molecular formula is C14H9ClFNO3S. The number of halogens is 2. The van der Waals surface area contributed by atoms with E-state index in [-0.39, 0.29) is 5.02 Å². The van der Waals surface area contributed by atoms with Crippen LogP contribution in [-0.2, 0) is 4.79 Å². The van der Waals surface area contributed by atoms with Crippen molar-refractivity contribution in [2.24, 2.45) is 0 Å². The lowest BCUT2D eigenvalue weighted by Gasteiger charge is -2.05. The molecular weight excluding hydrogens is 317 g/mol. The first-order chi connectivity index (χ1) is 9.95. The Hall–Kier alpha value is -2.18. The summed E-state index contributed by atoms with van der Waals surface area (Å²) in [6, 6.07) is 6.86. The average Bonchev–Trinajstić information content (AvgIpc) is 2.88. The Kier molecular flexibility index (Phi) is 4.72. The fourth-order valence-corrected chi connectivity index (χ4v) is 2.51. The van der Waals surface area contributed by atoms with E-state index in [0.717, 1.165) is 23.5 Å². The Morgan fingerprint density at radius 3 is 2.71 bits per heavy atom. The van der Waals surface area contributed by atoms with Gasteiger partial charge >= 0.3 is 5.97 Å². The van der Waals surface area contributed by atoms with E-state index >= 15 is 0 Å². The summed E-state index contributed by atoms with van der Waals surface area (Å²) in [5.41, 5.74) is 0.305. The summed E-state index contributed by atoms with van der Waals surface area (Å²) in [6.07, 6.45) is 2.39. The van der Waals surface area contributed by atoms with E-state index in [4.69, 9.17) is 16.7 Å². The molecule has 1 heterocycles. The smallest absolute Gasteiger partial charge is 0.328 e. The zero-order valence-electron chi connectivity index (χ0n) is 10.5. The van der Waals surface area contributed by atoms with Crippen molar-refractivity contribution in [1.29, 1.82) is 0 Å². The topological polar surface area (TPSA) is 66.4 Å². The molecule has 1 aromatic carbocycles. The highest BCUT2D eigenvalue weighted by Crippen LogP contribution is 2.24. The number of carboxylic acid groups (broad SMARTS) is 1. The molecule has 1 amide bonds. The highest BCUT2D eigenvalue weighted by atomic mass is 35.5. The summed E-state index contributed by atoms with van der Waals surface area (Å²) >= 11 is 6.95. The van der Waals surface area contributed by atoms with Gasteiger partial charge in [-0.1, -0.05) is 11.6 Å². The number of nitrogens with one attached hydrogen (secondary N) is 1. The first-order valence-corrected chi connectivity index (χ1v) is 6.92. The molecule has 4 nitrogen and oxygen atoms in total. The lowest BCUT2D eigenvalue weighted by atomic mass is 10.3. The fraction of sp³-hybridized carbons (Fsp3) is 0. The van der Waals surface area contributed by atoms with Gasteiger partial charge < -0.3 is 10.4 Å². The van der Waals surface area contributed by atoms with Crippen LogP contribution in [0.4, 0.5) is 10.1 Å². The largest absolute Gasteiger partial charge is 0.478 e. The number of carbonyl (C=O) groups is 2. The van der Waals surface area contributed by atoms with Crippen LogP contribution < -0.4 is 5.32 Å². The first-order valence-electron chi connectivity index (χ1n) is 5.73. The molecule has 21 heavy (non-hydrogen) atoms. The van der Waals surface area contributed by atoms with Crippen LogP contribution in [0, 0.1) is 5.82 Å². The minimum Gasteiger partial charge on any atom is -0.478 e. The van der Waals surface area contributed by atoms with E-state index in [2.05, 4.69) is 5.32 Å². The van der Waals surface area contributed by atoms with Crippen LogP contribution in [0.25, 0.3) is 6.08 Å². The summed E-state index contributed by atoms with van der Waals surface area (Å²) in [4.78, 5) is 23.4. The van der Waals surface area contributed by atoms with E-state index in [1.807, 2.05) is 0 Å². The number of thiophene rings is 1. The van der Waals surface area contributed by atoms with Crippen molar-refractivity contribution in [3.05, 3.63) is 57.0 Å². The van der Waals surface area contributed by atoms with Crippen LogP contribution in [0.1, 0.15) is 14.5 Å². The summed E-state index contributed by atoms with van der Waals surface area (Å²) in [5, 5.41) is 11.2. The molecule has 2 N–H and O–H groups in total. The maximum atomic E-state index is 12.9. The number of rotatable bonds is 4. The second-order valence-corrected chi connectivity index (χ2v) is 5.47. The third-order valence-corrected chi connectivity index (χ3v) is 3.78. The molecule has 108 valence electrons. The van der Waals surface area contributed by atoms with E-state index in [0.29, 0.717) is 15.4 Å². The van der Waals surface area contributed by atoms with Gasteiger partial charge in [0.15, 0.2) is 0 Å². The monoisotopic (exact) mass is 325 g/mol. The molecule has 0 saturated heterocycles. The van der Waals surface area contributed by atoms with Crippen molar-refractivity contribution in [2.75, 3.05) is 5.32 Å². The molecule has 0 saturated carbocycles. The van der Waals surface area contributed by atoms with Gasteiger partial charge in [-0.25, -0.2) is 9.18 Å². The van der Waals surface area contributed by atoms with Crippen molar-refractivity contribution < 1.29 is 19.1 Å². The minimum atomic E-state index is -1.06. The van der Waals surface area contributed by atoms with Crippen LogP contribution in [0.5, 0.6) is 0 Å². The second kappa shape index (κ2) is 6.51. The van der Waals surface area contributed by atoms with Gasteiger partial charge in [-0.3, -0.25) is 4.79 Å². The number of anilines is 1. The van der Waals surface area contributed by atoms with Crippen molar-refractivity contribution in [3.8, 4) is 0 Å². The Morgan fingerprint density at radius 2 is 2.05 bits per heavy atom.